The molecule has 1 unspecified atom stereocenters. The molecule has 19 heavy (non-hydrogen) atoms. The molecule has 2 aliphatic carbocycles. The number of thiazole rings is 1. The normalized spacial score (nSPS) is 20.3. The molecule has 3 nitrogen and oxygen atoms in total. The van der Waals surface area contributed by atoms with Gasteiger partial charge in [0.15, 0.2) is 11.4 Å². The summed E-state index contributed by atoms with van der Waals surface area (Å²) in [5.41, 5.74) is 1.01. The molecule has 1 aromatic rings. The van der Waals surface area contributed by atoms with Gasteiger partial charge in [-0.15, -0.1) is 0 Å². The van der Waals surface area contributed by atoms with Gasteiger partial charge in [-0.1, -0.05) is 25.2 Å². The van der Waals surface area contributed by atoms with Gasteiger partial charge >= 0.3 is 0 Å². The van der Waals surface area contributed by atoms with Gasteiger partial charge in [0.05, 0.1) is 10.6 Å². The van der Waals surface area contributed by atoms with Gasteiger partial charge in [-0.05, 0) is 43.9 Å². The third kappa shape index (κ3) is 2.83. The van der Waals surface area contributed by atoms with Crippen LogP contribution in [0.4, 0.5) is 5.13 Å². The van der Waals surface area contributed by atoms with E-state index in [9.17, 15) is 4.79 Å². The average Bonchev–Trinajstić information content (AvgIpc) is 3.32. The zero-order chi connectivity index (χ0) is 13.4. The maximum absolute atomic E-state index is 11.3. The van der Waals surface area contributed by atoms with Gasteiger partial charge in [-0.3, -0.25) is 4.79 Å². The summed E-state index contributed by atoms with van der Waals surface area (Å²) in [6.07, 6.45) is 7.35. The first-order valence-electron chi connectivity index (χ1n) is 7.45. The van der Waals surface area contributed by atoms with Crippen LogP contribution in [0.1, 0.15) is 67.2 Å². The zero-order valence-electron chi connectivity index (χ0n) is 11.8. The fraction of sp³-hybridized carbons (Fsp3) is 0.733. The second-order valence-corrected chi connectivity index (χ2v) is 7.01. The maximum atomic E-state index is 11.3. The molecule has 0 N–H and O–H groups in total. The molecule has 2 saturated carbocycles. The van der Waals surface area contributed by atoms with E-state index in [1.54, 1.807) is 11.3 Å². The standard InChI is InChI=1S/C15H22N2OS/c1-3-10(2)14-13(9-18)19-15(16-14)17(12-6-7-12)8-11-4-5-11/h9-12H,3-8H2,1-2H3. The quantitative estimate of drug-likeness (QED) is 0.710. The molecule has 0 aliphatic heterocycles. The van der Waals surface area contributed by atoms with E-state index in [1.165, 1.54) is 25.7 Å². The number of nitrogens with zero attached hydrogens (tertiary/aromatic N) is 2. The first kappa shape index (κ1) is 13.1. The van der Waals surface area contributed by atoms with Crippen LogP contribution in [0.3, 0.4) is 0 Å². The van der Waals surface area contributed by atoms with Gasteiger partial charge in [0.25, 0.3) is 0 Å². The van der Waals surface area contributed by atoms with Crippen LogP contribution < -0.4 is 4.90 Å². The fourth-order valence-corrected chi connectivity index (χ4v) is 3.51. The average molecular weight is 278 g/mol. The molecule has 2 fully saturated rings. The van der Waals surface area contributed by atoms with E-state index in [1.807, 2.05) is 0 Å². The summed E-state index contributed by atoms with van der Waals surface area (Å²) in [5, 5.41) is 1.09. The van der Waals surface area contributed by atoms with Gasteiger partial charge in [0.2, 0.25) is 0 Å². The van der Waals surface area contributed by atoms with Crippen LogP contribution in [0.5, 0.6) is 0 Å². The van der Waals surface area contributed by atoms with E-state index in [0.29, 0.717) is 12.0 Å². The first-order valence-corrected chi connectivity index (χ1v) is 8.27. The second kappa shape index (κ2) is 5.23. The van der Waals surface area contributed by atoms with E-state index in [0.717, 1.165) is 40.9 Å². The third-order valence-corrected chi connectivity index (χ3v) is 5.27. The minimum atomic E-state index is 0.382. The lowest BCUT2D eigenvalue weighted by Crippen LogP contribution is -2.27. The van der Waals surface area contributed by atoms with E-state index in [4.69, 9.17) is 4.98 Å². The van der Waals surface area contributed by atoms with E-state index < -0.39 is 0 Å². The highest BCUT2D eigenvalue weighted by atomic mass is 32.1. The Morgan fingerprint density at radius 3 is 2.68 bits per heavy atom. The molecular formula is C15H22N2OS. The summed E-state index contributed by atoms with van der Waals surface area (Å²) in [7, 11) is 0. The van der Waals surface area contributed by atoms with Crippen LogP contribution in [-0.4, -0.2) is 23.9 Å². The zero-order valence-corrected chi connectivity index (χ0v) is 12.6. The van der Waals surface area contributed by atoms with Crippen molar-refractivity contribution in [3.63, 3.8) is 0 Å². The van der Waals surface area contributed by atoms with Gasteiger partial charge in [-0.25, -0.2) is 4.98 Å². The number of rotatable bonds is 7. The number of aldehydes is 1. The summed E-state index contributed by atoms with van der Waals surface area (Å²) in [5.74, 6) is 1.25. The Morgan fingerprint density at radius 1 is 1.42 bits per heavy atom. The summed E-state index contributed by atoms with van der Waals surface area (Å²) < 4.78 is 0. The van der Waals surface area contributed by atoms with Gasteiger partial charge in [-0.2, -0.15) is 0 Å². The molecule has 0 bridgehead atoms. The van der Waals surface area contributed by atoms with Crippen molar-refractivity contribution in [2.45, 2.75) is 57.9 Å². The Balaban J connectivity index is 1.85. The number of carbonyl (C=O) groups is 1. The Bertz CT molecular complexity index is 463. The third-order valence-electron chi connectivity index (χ3n) is 4.24. The Kier molecular flexibility index (Phi) is 3.61. The Hall–Kier alpha value is -0.900. The number of hydrogen-bond acceptors (Lipinski definition) is 4. The van der Waals surface area contributed by atoms with Crippen molar-refractivity contribution in [2.24, 2.45) is 5.92 Å². The molecule has 3 rings (SSSR count). The fourth-order valence-electron chi connectivity index (χ4n) is 2.43. The second-order valence-electron chi connectivity index (χ2n) is 6.00. The van der Waals surface area contributed by atoms with E-state index >= 15 is 0 Å². The highest BCUT2D eigenvalue weighted by Gasteiger charge is 2.35. The molecule has 1 aromatic heterocycles. The first-order chi connectivity index (χ1) is 9.22. The minimum Gasteiger partial charge on any atom is -0.345 e. The molecule has 4 heteroatoms. The molecule has 0 saturated heterocycles. The van der Waals surface area contributed by atoms with Crippen LogP contribution in [-0.2, 0) is 0 Å². The summed E-state index contributed by atoms with van der Waals surface area (Å²) in [4.78, 5) is 19.4. The number of carbonyl (C=O) groups excluding carboxylic acids is 1. The monoisotopic (exact) mass is 278 g/mol. The van der Waals surface area contributed by atoms with Crippen LogP contribution in [0.25, 0.3) is 0 Å². The SMILES string of the molecule is CCC(C)c1nc(N(CC2CC2)C2CC2)sc1C=O. The highest BCUT2D eigenvalue weighted by Crippen LogP contribution is 2.40. The lowest BCUT2D eigenvalue weighted by Gasteiger charge is -2.21. The van der Waals surface area contributed by atoms with Crippen LogP contribution in [0.2, 0.25) is 0 Å². The minimum absolute atomic E-state index is 0.382. The van der Waals surface area contributed by atoms with Crippen LogP contribution in [0, 0.1) is 5.92 Å². The summed E-state index contributed by atoms with van der Waals surface area (Å²) in [6.45, 7) is 5.46. The Labute approximate surface area is 119 Å². The van der Waals surface area contributed by atoms with E-state index in [2.05, 4.69) is 18.7 Å². The topological polar surface area (TPSA) is 33.2 Å². The van der Waals surface area contributed by atoms with Gasteiger partial charge < -0.3 is 4.90 Å². The van der Waals surface area contributed by atoms with Crippen LogP contribution in [0.15, 0.2) is 0 Å². The van der Waals surface area contributed by atoms with Crippen molar-refractivity contribution in [2.75, 3.05) is 11.4 Å². The smallest absolute Gasteiger partial charge is 0.186 e. The van der Waals surface area contributed by atoms with E-state index in [-0.39, 0.29) is 0 Å². The molecule has 1 heterocycles. The highest BCUT2D eigenvalue weighted by molar-refractivity contribution is 7.17. The van der Waals surface area contributed by atoms with Crippen molar-refractivity contribution in [1.29, 1.82) is 0 Å². The van der Waals surface area contributed by atoms with Crippen molar-refractivity contribution in [1.82, 2.24) is 4.98 Å². The lowest BCUT2D eigenvalue weighted by molar-refractivity contribution is 0.112. The van der Waals surface area contributed by atoms with Gasteiger partial charge in [0.1, 0.15) is 0 Å². The largest absolute Gasteiger partial charge is 0.345 e. The van der Waals surface area contributed by atoms with Crippen molar-refractivity contribution in [3.8, 4) is 0 Å². The summed E-state index contributed by atoms with van der Waals surface area (Å²) >= 11 is 1.60. The summed E-state index contributed by atoms with van der Waals surface area (Å²) in [6, 6.07) is 0.691. The molecule has 104 valence electrons. The molecule has 0 spiro atoms. The molecule has 0 amide bonds. The Morgan fingerprint density at radius 2 is 2.16 bits per heavy atom. The molecule has 0 radical (unpaired) electrons. The van der Waals surface area contributed by atoms with Crippen molar-refractivity contribution < 1.29 is 4.79 Å². The number of aromatic nitrogens is 1. The molecule has 0 aromatic carbocycles. The maximum Gasteiger partial charge on any atom is 0.186 e. The number of anilines is 1. The molecular weight excluding hydrogens is 256 g/mol. The van der Waals surface area contributed by atoms with Gasteiger partial charge in [0, 0.05) is 12.6 Å². The lowest BCUT2D eigenvalue weighted by atomic mass is 10.0. The van der Waals surface area contributed by atoms with Crippen molar-refractivity contribution in [3.05, 3.63) is 10.6 Å². The van der Waals surface area contributed by atoms with Crippen LogP contribution >= 0.6 is 11.3 Å². The molecule has 2 aliphatic rings. The van der Waals surface area contributed by atoms with Crippen molar-refractivity contribution >= 4 is 22.8 Å². The predicted octanol–water partition coefficient (Wildman–Crippen LogP) is 3.85. The number of hydrogen-bond donors (Lipinski definition) is 0. The molecule has 1 atom stereocenters. The predicted molar refractivity (Wildman–Crippen MR) is 79.3 cm³/mol.